The fraction of sp³-hybridized carbons (Fsp3) is 0.364. The van der Waals surface area contributed by atoms with Crippen LogP contribution in [0.1, 0.15) is 26.3 Å². The van der Waals surface area contributed by atoms with Crippen molar-refractivity contribution in [1.29, 1.82) is 0 Å². The van der Waals surface area contributed by atoms with Crippen molar-refractivity contribution in [1.82, 2.24) is 0 Å². The van der Waals surface area contributed by atoms with Crippen LogP contribution in [-0.4, -0.2) is 28.2 Å². The van der Waals surface area contributed by atoms with Gasteiger partial charge in [0.2, 0.25) is 0 Å². The number of aromatic hydroxyl groups is 1. The third-order valence-corrected chi connectivity index (χ3v) is 1.03. The molecule has 0 aliphatic carbocycles. The van der Waals surface area contributed by atoms with E-state index in [-0.39, 0.29) is 40.0 Å². The molecule has 76 valence electrons. The largest absolute Gasteiger partial charge is 2.00 e. The maximum Gasteiger partial charge on any atom is 2.00 e. The van der Waals surface area contributed by atoms with Crippen molar-refractivity contribution in [3.63, 3.8) is 0 Å². The summed E-state index contributed by atoms with van der Waals surface area (Å²) in [6.45, 7) is 8.24. The molecule has 0 saturated carbocycles. The summed E-state index contributed by atoms with van der Waals surface area (Å²) < 4.78 is 0. The minimum absolute atomic E-state index is 0. The van der Waals surface area contributed by atoms with Gasteiger partial charge in [0.05, 0.1) is 0 Å². The molecule has 1 aromatic rings. The monoisotopic (exact) mass is 269 g/mol. The Morgan fingerprint density at radius 2 is 1.29 bits per heavy atom. The van der Waals surface area contributed by atoms with Crippen LogP contribution in [-0.2, 0) is 0 Å². The molecule has 0 aliphatic rings. The summed E-state index contributed by atoms with van der Waals surface area (Å²) in [6.07, 6.45) is 0. The predicted octanol–water partition coefficient (Wildman–Crippen LogP) is 3.52. The molecule has 1 N–H and O–H groups in total. The van der Waals surface area contributed by atoms with Crippen molar-refractivity contribution in [2.24, 2.45) is 0 Å². The maximum atomic E-state index is 8.76. The van der Waals surface area contributed by atoms with Gasteiger partial charge in [-0.25, -0.2) is 0 Å². The molecule has 0 spiro atoms. The van der Waals surface area contributed by atoms with Gasteiger partial charge in [0.1, 0.15) is 5.75 Å². The van der Waals surface area contributed by atoms with Gasteiger partial charge >= 0.3 is 23.1 Å². The van der Waals surface area contributed by atoms with Gasteiger partial charge < -0.3 is 11.0 Å². The van der Waals surface area contributed by atoms with Crippen molar-refractivity contribution >= 4 is 40.0 Å². The normalized spacial score (nSPS) is 7.79. The average molecular weight is 270 g/mol. The summed E-state index contributed by atoms with van der Waals surface area (Å²) in [5.74, 6) is 1.75. The molecule has 1 nitrogen and oxygen atoms in total. The molecular formula is C11H18BrMgO+. The van der Waals surface area contributed by atoms with Gasteiger partial charge in [0.15, 0.2) is 0 Å². The van der Waals surface area contributed by atoms with Crippen LogP contribution < -0.4 is 0 Å². The van der Waals surface area contributed by atoms with Gasteiger partial charge in [-0.15, -0.1) is 17.0 Å². The van der Waals surface area contributed by atoms with Crippen LogP contribution in [0.4, 0.5) is 0 Å². The summed E-state index contributed by atoms with van der Waals surface area (Å²) in [5.41, 5.74) is 1.17. The molecule has 0 atom stereocenters. The second kappa shape index (κ2) is 11.3. The first-order valence-corrected chi connectivity index (χ1v) is 4.04. The zero-order valence-electron chi connectivity index (χ0n) is 9.37. The Morgan fingerprint density at radius 1 is 1.00 bits per heavy atom. The first-order valence-electron chi connectivity index (χ1n) is 4.04. The Kier molecular flexibility index (Phi) is 16.0. The van der Waals surface area contributed by atoms with E-state index in [0.717, 1.165) is 0 Å². The van der Waals surface area contributed by atoms with Crippen LogP contribution in [0, 0.1) is 12.8 Å². The topological polar surface area (TPSA) is 20.2 Å². The smallest absolute Gasteiger partial charge is 0.508 e. The Hall–Kier alpha value is 0.266. The van der Waals surface area contributed by atoms with Crippen LogP contribution in [0.3, 0.4) is 0 Å². The van der Waals surface area contributed by atoms with Crippen LogP contribution >= 0.6 is 17.0 Å². The number of phenolic OH excluding ortho intramolecular Hbond substituents is 1. The summed E-state index contributed by atoms with van der Waals surface area (Å²) in [6, 6.07) is 7.09. The van der Waals surface area contributed by atoms with Crippen molar-refractivity contribution in [3.05, 3.63) is 35.7 Å². The molecule has 14 heavy (non-hydrogen) atoms. The second-order valence-corrected chi connectivity index (χ2v) is 3.34. The molecule has 0 radical (unpaired) electrons. The summed E-state index contributed by atoms with van der Waals surface area (Å²) in [7, 11) is 0. The molecule has 0 bridgehead atoms. The Labute approximate surface area is 114 Å². The van der Waals surface area contributed by atoms with Crippen LogP contribution in [0.15, 0.2) is 24.3 Å². The van der Waals surface area contributed by atoms with Crippen molar-refractivity contribution in [3.8, 4) is 5.75 Å². The minimum atomic E-state index is 0. The Morgan fingerprint density at radius 3 is 1.50 bits per heavy atom. The number of benzene rings is 1. The zero-order chi connectivity index (χ0) is 9.56. The molecule has 0 saturated heterocycles. The fourth-order valence-corrected chi connectivity index (χ4v) is 0.545. The number of hydrogen-bond acceptors (Lipinski definition) is 1. The number of phenols is 1. The Balaban J connectivity index is -0.000000180. The van der Waals surface area contributed by atoms with Gasteiger partial charge in [-0.1, -0.05) is 17.7 Å². The van der Waals surface area contributed by atoms with Crippen molar-refractivity contribution in [2.45, 2.75) is 27.7 Å². The molecule has 3 heteroatoms. The number of aryl methyl sites for hydroxylation is 1. The van der Waals surface area contributed by atoms with E-state index in [1.54, 1.807) is 12.1 Å². The van der Waals surface area contributed by atoms with E-state index in [1.807, 2.05) is 19.1 Å². The summed E-state index contributed by atoms with van der Waals surface area (Å²) in [5, 5.41) is 8.76. The Bertz CT molecular complexity index is 185. The van der Waals surface area contributed by atoms with Gasteiger partial charge in [-0.3, -0.25) is 0 Å². The van der Waals surface area contributed by atoms with Gasteiger partial charge in [0.25, 0.3) is 0 Å². The maximum absolute atomic E-state index is 8.76. The number of hydrogen-bond donors (Lipinski definition) is 1. The van der Waals surface area contributed by atoms with Crippen molar-refractivity contribution < 1.29 is 5.11 Å². The van der Waals surface area contributed by atoms with E-state index >= 15 is 0 Å². The van der Waals surface area contributed by atoms with E-state index in [1.165, 1.54) is 11.5 Å². The first kappa shape index (κ1) is 19.8. The third kappa shape index (κ3) is 14.8. The number of rotatable bonds is 0. The zero-order valence-corrected chi connectivity index (χ0v) is 12.5. The molecule has 0 heterocycles. The standard InChI is InChI=1S/C7H8O.C4H9.BrH.Mg/c1-6-2-4-7(8)5-3-6;1-4(2)3;;/h2-5,8H,1H3;1-3H3;1H;/q;-1;;+2. The predicted molar refractivity (Wildman–Crippen MR) is 69.2 cm³/mol. The molecule has 0 amide bonds. The molecule has 1 rings (SSSR count). The third-order valence-electron chi connectivity index (χ3n) is 1.03. The van der Waals surface area contributed by atoms with E-state index in [4.69, 9.17) is 5.11 Å². The second-order valence-electron chi connectivity index (χ2n) is 3.34. The van der Waals surface area contributed by atoms with Crippen molar-refractivity contribution in [2.75, 3.05) is 0 Å². The molecule has 0 aromatic heterocycles. The molecule has 1 aromatic carbocycles. The van der Waals surface area contributed by atoms with Crippen LogP contribution in [0.25, 0.3) is 0 Å². The van der Waals surface area contributed by atoms with Crippen LogP contribution in [0.5, 0.6) is 5.75 Å². The van der Waals surface area contributed by atoms with Gasteiger partial charge in [0, 0.05) is 0 Å². The van der Waals surface area contributed by atoms with Gasteiger partial charge in [-0.2, -0.15) is 20.8 Å². The van der Waals surface area contributed by atoms with E-state index in [9.17, 15) is 0 Å². The minimum Gasteiger partial charge on any atom is -0.508 e. The average Bonchev–Trinajstić information content (AvgIpc) is 1.94. The quantitative estimate of drug-likeness (QED) is 0.565. The first-order chi connectivity index (χ1) is 5.52. The van der Waals surface area contributed by atoms with Gasteiger partial charge in [-0.05, 0) is 19.1 Å². The SMILES string of the molecule is Br.C[C-](C)C.Cc1ccc(O)cc1.[Mg+2]. The fourth-order valence-electron chi connectivity index (χ4n) is 0.545. The molecule has 0 aliphatic heterocycles. The number of halogens is 1. The summed E-state index contributed by atoms with van der Waals surface area (Å²) >= 11 is 0. The molecule has 0 fully saturated rings. The van der Waals surface area contributed by atoms with E-state index in [2.05, 4.69) is 20.8 Å². The van der Waals surface area contributed by atoms with E-state index in [0.29, 0.717) is 5.75 Å². The molecular weight excluding hydrogens is 252 g/mol. The van der Waals surface area contributed by atoms with Crippen LogP contribution in [0.2, 0.25) is 0 Å². The summed E-state index contributed by atoms with van der Waals surface area (Å²) in [4.78, 5) is 0. The molecule has 0 unspecified atom stereocenters. The van der Waals surface area contributed by atoms with E-state index < -0.39 is 0 Å².